The number of anilines is 1. The molecule has 2 aromatic carbocycles. The van der Waals surface area contributed by atoms with Gasteiger partial charge in [-0.25, -0.2) is 0 Å². The van der Waals surface area contributed by atoms with E-state index in [-0.39, 0.29) is 11.3 Å². The van der Waals surface area contributed by atoms with E-state index < -0.39 is 10.8 Å². The Balaban J connectivity index is 2.26. The highest BCUT2D eigenvalue weighted by Crippen LogP contribution is 2.26. The van der Waals surface area contributed by atoms with Crippen LogP contribution >= 0.6 is 27.5 Å². The molecule has 0 aliphatic carbocycles. The highest BCUT2D eigenvalue weighted by atomic mass is 79.9. The topological polar surface area (TPSA) is 72.2 Å². The lowest BCUT2D eigenvalue weighted by molar-refractivity contribution is -0.385. The molecule has 0 saturated carbocycles. The van der Waals surface area contributed by atoms with Gasteiger partial charge in [0.25, 0.3) is 11.6 Å². The third kappa shape index (κ3) is 3.34. The zero-order valence-corrected chi connectivity index (χ0v) is 12.3. The van der Waals surface area contributed by atoms with Gasteiger partial charge in [-0.3, -0.25) is 14.9 Å². The molecule has 5 nitrogen and oxygen atoms in total. The molecular weight excluding hydrogens is 348 g/mol. The first-order chi connectivity index (χ1) is 9.47. The van der Waals surface area contributed by atoms with Gasteiger partial charge in [-0.05, 0) is 46.3 Å². The quantitative estimate of drug-likeness (QED) is 0.660. The van der Waals surface area contributed by atoms with E-state index >= 15 is 0 Å². The number of rotatable bonds is 3. The average molecular weight is 356 g/mol. The molecule has 0 unspecified atom stereocenters. The molecule has 0 atom stereocenters. The summed E-state index contributed by atoms with van der Waals surface area (Å²) >= 11 is 8.88. The van der Waals surface area contributed by atoms with E-state index in [0.717, 1.165) is 0 Å². The Morgan fingerprint density at radius 3 is 2.65 bits per heavy atom. The van der Waals surface area contributed by atoms with E-state index in [1.807, 2.05) is 0 Å². The molecule has 0 heterocycles. The first-order valence-corrected chi connectivity index (χ1v) is 6.65. The van der Waals surface area contributed by atoms with Crippen LogP contribution in [0.15, 0.2) is 46.9 Å². The summed E-state index contributed by atoms with van der Waals surface area (Å²) in [7, 11) is 0. The number of carbonyl (C=O) groups excluding carboxylic acids is 1. The fraction of sp³-hybridized carbons (Fsp3) is 0. The number of halogens is 2. The molecule has 0 aliphatic heterocycles. The van der Waals surface area contributed by atoms with Gasteiger partial charge < -0.3 is 5.32 Å². The number of carbonyl (C=O) groups is 1. The molecule has 0 bridgehead atoms. The van der Waals surface area contributed by atoms with Gasteiger partial charge in [0.05, 0.1) is 9.40 Å². The molecule has 102 valence electrons. The SMILES string of the molecule is O=C(Nc1cccc(Cl)c1)c1ccc(Br)c([N+](=O)[O-])c1. The molecule has 0 saturated heterocycles. The van der Waals surface area contributed by atoms with E-state index in [4.69, 9.17) is 11.6 Å². The molecular formula is C13H8BrClN2O3. The van der Waals surface area contributed by atoms with Crippen molar-refractivity contribution in [1.82, 2.24) is 0 Å². The molecule has 2 aromatic rings. The van der Waals surface area contributed by atoms with Gasteiger partial charge in [0.1, 0.15) is 0 Å². The summed E-state index contributed by atoms with van der Waals surface area (Å²) in [6.45, 7) is 0. The first kappa shape index (κ1) is 14.5. The van der Waals surface area contributed by atoms with Crippen LogP contribution in [-0.4, -0.2) is 10.8 Å². The minimum absolute atomic E-state index is 0.163. The van der Waals surface area contributed by atoms with Crippen LogP contribution in [0.25, 0.3) is 0 Å². The van der Waals surface area contributed by atoms with Gasteiger partial charge in [0.2, 0.25) is 0 Å². The Bertz CT molecular complexity index is 691. The summed E-state index contributed by atoms with van der Waals surface area (Å²) in [5, 5.41) is 13.9. The monoisotopic (exact) mass is 354 g/mol. The Hall–Kier alpha value is -1.92. The van der Waals surface area contributed by atoms with Crippen LogP contribution < -0.4 is 5.32 Å². The van der Waals surface area contributed by atoms with Crippen LogP contribution in [-0.2, 0) is 0 Å². The molecule has 0 fully saturated rings. The zero-order valence-electron chi connectivity index (χ0n) is 9.97. The summed E-state index contributed by atoms with van der Waals surface area (Å²) in [4.78, 5) is 22.3. The van der Waals surface area contributed by atoms with Gasteiger partial charge in [-0.2, -0.15) is 0 Å². The smallest absolute Gasteiger partial charge is 0.284 e. The third-order valence-electron chi connectivity index (χ3n) is 2.49. The fourth-order valence-electron chi connectivity index (χ4n) is 1.56. The second-order valence-electron chi connectivity index (χ2n) is 3.89. The van der Waals surface area contributed by atoms with Crippen molar-refractivity contribution in [2.24, 2.45) is 0 Å². The molecule has 1 amide bonds. The number of hydrogen-bond donors (Lipinski definition) is 1. The Labute approximate surface area is 127 Å². The summed E-state index contributed by atoms with van der Waals surface area (Å²) < 4.78 is 0.321. The predicted molar refractivity (Wildman–Crippen MR) is 80.2 cm³/mol. The van der Waals surface area contributed by atoms with Crippen molar-refractivity contribution in [3.8, 4) is 0 Å². The standard InChI is InChI=1S/C13H8BrClN2O3/c14-11-5-4-8(6-12(11)17(19)20)13(18)16-10-3-1-2-9(15)7-10/h1-7H,(H,16,18). The highest BCUT2D eigenvalue weighted by molar-refractivity contribution is 9.10. The fourth-order valence-corrected chi connectivity index (χ4v) is 2.15. The number of nitrogens with one attached hydrogen (secondary N) is 1. The van der Waals surface area contributed by atoms with Crippen molar-refractivity contribution in [2.45, 2.75) is 0 Å². The molecule has 2 rings (SSSR count). The highest BCUT2D eigenvalue weighted by Gasteiger charge is 2.16. The summed E-state index contributed by atoms with van der Waals surface area (Å²) in [5.74, 6) is -0.442. The van der Waals surface area contributed by atoms with Crippen LogP contribution in [0.2, 0.25) is 5.02 Å². The average Bonchev–Trinajstić information content (AvgIpc) is 2.38. The number of hydrogen-bond acceptors (Lipinski definition) is 3. The number of amides is 1. The molecule has 0 aromatic heterocycles. The molecule has 20 heavy (non-hydrogen) atoms. The van der Waals surface area contributed by atoms with E-state index in [1.165, 1.54) is 18.2 Å². The lowest BCUT2D eigenvalue weighted by atomic mass is 10.2. The van der Waals surface area contributed by atoms with Crippen LogP contribution in [0.3, 0.4) is 0 Å². The van der Waals surface area contributed by atoms with Gasteiger partial charge in [-0.1, -0.05) is 17.7 Å². The second kappa shape index (κ2) is 6.02. The van der Waals surface area contributed by atoms with E-state index in [2.05, 4.69) is 21.2 Å². The predicted octanol–water partition coefficient (Wildman–Crippen LogP) is 4.26. The third-order valence-corrected chi connectivity index (χ3v) is 3.39. The maximum Gasteiger partial charge on any atom is 0.284 e. The number of nitrogens with zero attached hydrogens (tertiary/aromatic N) is 1. The van der Waals surface area contributed by atoms with Gasteiger partial charge in [0.15, 0.2) is 0 Å². The maximum atomic E-state index is 12.0. The van der Waals surface area contributed by atoms with Crippen molar-refractivity contribution >= 4 is 44.8 Å². The van der Waals surface area contributed by atoms with E-state index in [0.29, 0.717) is 15.2 Å². The van der Waals surface area contributed by atoms with E-state index in [9.17, 15) is 14.9 Å². The van der Waals surface area contributed by atoms with Crippen LogP contribution in [0.4, 0.5) is 11.4 Å². The number of benzene rings is 2. The van der Waals surface area contributed by atoms with Crippen LogP contribution in [0.5, 0.6) is 0 Å². The summed E-state index contributed by atoms with van der Waals surface area (Å²) in [5.41, 5.74) is 0.552. The lowest BCUT2D eigenvalue weighted by Crippen LogP contribution is -2.12. The Kier molecular flexibility index (Phi) is 4.36. The number of nitro benzene ring substituents is 1. The molecule has 7 heteroatoms. The van der Waals surface area contributed by atoms with Gasteiger partial charge in [0, 0.05) is 22.3 Å². The lowest BCUT2D eigenvalue weighted by Gasteiger charge is -2.06. The van der Waals surface area contributed by atoms with Crippen molar-refractivity contribution in [1.29, 1.82) is 0 Å². The van der Waals surface area contributed by atoms with Crippen LogP contribution in [0.1, 0.15) is 10.4 Å². The normalized spacial score (nSPS) is 10.1. The Morgan fingerprint density at radius 1 is 1.25 bits per heavy atom. The van der Waals surface area contributed by atoms with Crippen molar-refractivity contribution < 1.29 is 9.72 Å². The second-order valence-corrected chi connectivity index (χ2v) is 5.18. The number of nitro groups is 1. The Morgan fingerprint density at radius 2 is 2.00 bits per heavy atom. The largest absolute Gasteiger partial charge is 0.322 e. The maximum absolute atomic E-state index is 12.0. The van der Waals surface area contributed by atoms with Crippen molar-refractivity contribution in [3.63, 3.8) is 0 Å². The van der Waals surface area contributed by atoms with Gasteiger partial charge in [-0.15, -0.1) is 0 Å². The minimum atomic E-state index is -0.555. The summed E-state index contributed by atoms with van der Waals surface area (Å²) in [6, 6.07) is 10.8. The van der Waals surface area contributed by atoms with Gasteiger partial charge >= 0.3 is 0 Å². The molecule has 0 radical (unpaired) electrons. The molecule has 0 aliphatic rings. The summed E-state index contributed by atoms with van der Waals surface area (Å²) in [6.07, 6.45) is 0. The minimum Gasteiger partial charge on any atom is -0.322 e. The van der Waals surface area contributed by atoms with E-state index in [1.54, 1.807) is 24.3 Å². The molecule has 0 spiro atoms. The van der Waals surface area contributed by atoms with Crippen molar-refractivity contribution in [2.75, 3.05) is 5.32 Å². The van der Waals surface area contributed by atoms with Crippen molar-refractivity contribution in [3.05, 3.63) is 67.6 Å². The van der Waals surface area contributed by atoms with Crippen LogP contribution in [0, 0.1) is 10.1 Å². The first-order valence-electron chi connectivity index (χ1n) is 5.48. The molecule has 1 N–H and O–H groups in total. The zero-order chi connectivity index (χ0) is 14.7.